The van der Waals surface area contributed by atoms with E-state index in [1.807, 2.05) is 109 Å². The summed E-state index contributed by atoms with van der Waals surface area (Å²) in [5, 5.41) is 8.52. The van der Waals surface area contributed by atoms with E-state index in [9.17, 15) is 9.59 Å². The molecule has 4 aromatic carbocycles. The van der Waals surface area contributed by atoms with Crippen molar-refractivity contribution >= 4 is 65.5 Å². The molecule has 0 saturated heterocycles. The van der Waals surface area contributed by atoms with E-state index in [4.69, 9.17) is 9.97 Å². The summed E-state index contributed by atoms with van der Waals surface area (Å²) in [4.78, 5) is 37.2. The molecule has 0 atom stereocenters. The molecule has 8 rings (SSSR count). The van der Waals surface area contributed by atoms with E-state index in [-0.39, 0.29) is 23.9 Å². The number of carbonyl (C=O) groups is 2. The quantitative estimate of drug-likeness (QED) is 0.160. The van der Waals surface area contributed by atoms with Crippen molar-refractivity contribution in [3.63, 3.8) is 0 Å². The largest absolute Gasteiger partial charge is 0.349 e. The maximum absolute atomic E-state index is 13.7. The number of pyridine rings is 2. The van der Waals surface area contributed by atoms with Gasteiger partial charge in [-0.1, -0.05) is 92.5 Å². The Hall–Kier alpha value is -4.40. The normalized spacial score (nSPS) is 20.3. The molecule has 268 valence electrons. The zero-order chi connectivity index (χ0) is 36.3. The smallest absolute Gasteiger partial charge is 0.252 e. The number of aromatic nitrogens is 2. The summed E-state index contributed by atoms with van der Waals surface area (Å²) in [6.07, 6.45) is 9.80. The van der Waals surface area contributed by atoms with E-state index >= 15 is 0 Å². The van der Waals surface area contributed by atoms with Crippen LogP contribution >= 0.6 is 31.9 Å². The topological polar surface area (TPSA) is 84.0 Å². The molecule has 2 aromatic heterocycles. The maximum Gasteiger partial charge on any atom is 0.252 e. The first-order valence-electron chi connectivity index (χ1n) is 18.8. The second-order valence-corrected chi connectivity index (χ2v) is 16.6. The van der Waals surface area contributed by atoms with Gasteiger partial charge in [0, 0.05) is 42.9 Å². The highest BCUT2D eigenvalue weighted by molar-refractivity contribution is 9.10. The molecule has 2 aliphatic carbocycles. The Labute approximate surface area is 327 Å². The SMILES string of the molecule is O=C(NC1CCC(CC2CCC(NC(=O)c3cc(-c4cccc(Br)c4)nc4ccccc34)CC2)CC1)c1cc(-c2cccc(Br)c2)nc2ccccc12. The second kappa shape index (κ2) is 15.9. The van der Waals surface area contributed by atoms with E-state index in [2.05, 4.69) is 42.5 Å². The number of nitrogens with one attached hydrogen (secondary N) is 2. The second-order valence-electron chi connectivity index (χ2n) is 14.8. The molecule has 0 spiro atoms. The van der Waals surface area contributed by atoms with E-state index < -0.39 is 0 Å². The molecule has 6 aromatic rings. The number of rotatable bonds is 8. The number of carbonyl (C=O) groups excluding carboxylic acids is 2. The van der Waals surface area contributed by atoms with Crippen LogP contribution in [-0.4, -0.2) is 33.9 Å². The fraction of sp³-hybridized carbons (Fsp3) is 0.289. The van der Waals surface area contributed by atoms with Crippen LogP contribution in [0.4, 0.5) is 0 Å². The van der Waals surface area contributed by atoms with E-state index in [1.54, 1.807) is 0 Å². The lowest BCUT2D eigenvalue weighted by molar-refractivity contribution is 0.0919. The lowest BCUT2D eigenvalue weighted by Gasteiger charge is -2.34. The Morgan fingerprint density at radius 1 is 0.528 bits per heavy atom. The Morgan fingerprint density at radius 3 is 1.36 bits per heavy atom. The Balaban J connectivity index is 0.845. The number of benzene rings is 4. The van der Waals surface area contributed by atoms with Crippen molar-refractivity contribution in [1.82, 2.24) is 20.6 Å². The van der Waals surface area contributed by atoms with Gasteiger partial charge in [-0.15, -0.1) is 0 Å². The van der Waals surface area contributed by atoms with Crippen LogP contribution in [0.15, 0.2) is 118 Å². The van der Waals surface area contributed by atoms with Crippen molar-refractivity contribution in [2.45, 2.75) is 69.9 Å². The van der Waals surface area contributed by atoms with Gasteiger partial charge in [0.2, 0.25) is 0 Å². The van der Waals surface area contributed by atoms with Gasteiger partial charge in [-0.3, -0.25) is 9.59 Å². The van der Waals surface area contributed by atoms with E-state index in [1.165, 1.54) is 6.42 Å². The highest BCUT2D eigenvalue weighted by Crippen LogP contribution is 2.36. The number of halogens is 2. The van der Waals surface area contributed by atoms with Crippen LogP contribution in [0.2, 0.25) is 0 Å². The summed E-state index contributed by atoms with van der Waals surface area (Å²) in [6, 6.07) is 36.1. The highest BCUT2D eigenvalue weighted by atomic mass is 79.9. The molecule has 6 nitrogen and oxygen atoms in total. The molecule has 2 fully saturated rings. The van der Waals surface area contributed by atoms with Gasteiger partial charge in [-0.05, 0) is 118 Å². The van der Waals surface area contributed by atoms with Crippen molar-refractivity contribution in [2.24, 2.45) is 11.8 Å². The molecule has 0 unspecified atom stereocenters. The van der Waals surface area contributed by atoms with Crippen molar-refractivity contribution < 1.29 is 9.59 Å². The lowest BCUT2D eigenvalue weighted by Crippen LogP contribution is -2.39. The minimum Gasteiger partial charge on any atom is -0.349 e. The monoisotopic (exact) mass is 828 g/mol. The zero-order valence-corrected chi connectivity index (χ0v) is 32.7. The van der Waals surface area contributed by atoms with Crippen LogP contribution in [0.5, 0.6) is 0 Å². The standard InChI is InChI=1S/C45H42Br2N4O2/c46-32-9-5-7-30(24-32)42-26-38(36-11-1-3-13-40(36)50-42)44(52)48-34-19-15-28(16-20-34)23-29-17-21-35(22-18-29)49-45(53)39-27-43(31-8-6-10-33(47)25-31)51-41-14-4-2-12-37(39)41/h1-14,24-29,34-35H,15-23H2,(H,48,52)(H,49,53). The lowest BCUT2D eigenvalue weighted by atomic mass is 9.75. The summed E-state index contributed by atoms with van der Waals surface area (Å²) in [5.41, 5.74) is 6.55. The minimum atomic E-state index is -0.0206. The Morgan fingerprint density at radius 2 is 0.943 bits per heavy atom. The van der Waals surface area contributed by atoms with Gasteiger partial charge < -0.3 is 10.6 Å². The summed E-state index contributed by atoms with van der Waals surface area (Å²) in [6.45, 7) is 0. The molecule has 0 bridgehead atoms. The predicted molar refractivity (Wildman–Crippen MR) is 221 cm³/mol. The molecule has 2 heterocycles. The van der Waals surface area contributed by atoms with Crippen LogP contribution in [0.25, 0.3) is 44.3 Å². The van der Waals surface area contributed by atoms with E-state index in [0.29, 0.717) is 23.0 Å². The summed E-state index contributed by atoms with van der Waals surface area (Å²) in [5.74, 6) is 1.33. The molecular formula is C45H42Br2N4O2. The van der Waals surface area contributed by atoms with Crippen LogP contribution < -0.4 is 10.6 Å². The number of fused-ring (bicyclic) bond motifs is 2. The molecule has 8 heteroatoms. The molecule has 0 aliphatic heterocycles. The highest BCUT2D eigenvalue weighted by Gasteiger charge is 2.29. The average molecular weight is 831 g/mol. The van der Waals surface area contributed by atoms with Gasteiger partial charge >= 0.3 is 0 Å². The third-order valence-electron chi connectivity index (χ3n) is 11.2. The molecule has 0 radical (unpaired) electrons. The van der Waals surface area contributed by atoms with Crippen molar-refractivity contribution in [1.29, 1.82) is 0 Å². The van der Waals surface area contributed by atoms with Crippen molar-refractivity contribution in [3.8, 4) is 22.5 Å². The van der Waals surface area contributed by atoms with Crippen molar-refractivity contribution in [2.75, 3.05) is 0 Å². The van der Waals surface area contributed by atoms with Crippen LogP contribution in [-0.2, 0) is 0 Å². The molecule has 53 heavy (non-hydrogen) atoms. The predicted octanol–water partition coefficient (Wildman–Crippen LogP) is 11.3. The number of hydrogen-bond donors (Lipinski definition) is 2. The third-order valence-corrected chi connectivity index (χ3v) is 12.2. The van der Waals surface area contributed by atoms with Gasteiger partial charge in [-0.25, -0.2) is 9.97 Å². The van der Waals surface area contributed by atoms with E-state index in [0.717, 1.165) is 105 Å². The zero-order valence-electron chi connectivity index (χ0n) is 29.5. The first kappa shape index (κ1) is 35.6. The van der Waals surface area contributed by atoms with Crippen molar-refractivity contribution in [3.05, 3.63) is 129 Å². The number of amides is 2. The van der Waals surface area contributed by atoms with Gasteiger partial charge in [0.05, 0.1) is 33.5 Å². The van der Waals surface area contributed by atoms with Crippen LogP contribution in [0.3, 0.4) is 0 Å². The number of nitrogens with zero attached hydrogens (tertiary/aromatic N) is 2. The summed E-state index contributed by atoms with van der Waals surface area (Å²) < 4.78 is 1.96. The van der Waals surface area contributed by atoms with Gasteiger partial charge in [0.25, 0.3) is 11.8 Å². The summed E-state index contributed by atoms with van der Waals surface area (Å²) in [7, 11) is 0. The fourth-order valence-electron chi connectivity index (χ4n) is 8.40. The Bertz CT molecular complexity index is 2130. The third kappa shape index (κ3) is 8.24. The average Bonchev–Trinajstić information content (AvgIpc) is 3.18. The Kier molecular flexibility index (Phi) is 10.7. The molecule has 2 aliphatic rings. The summed E-state index contributed by atoms with van der Waals surface area (Å²) >= 11 is 7.14. The fourth-order valence-corrected chi connectivity index (χ4v) is 9.20. The van der Waals surface area contributed by atoms with Gasteiger partial charge in [0.1, 0.15) is 0 Å². The maximum atomic E-state index is 13.7. The first-order valence-corrected chi connectivity index (χ1v) is 20.4. The van der Waals surface area contributed by atoms with Crippen LogP contribution in [0, 0.1) is 11.8 Å². The van der Waals surface area contributed by atoms with Gasteiger partial charge in [-0.2, -0.15) is 0 Å². The van der Waals surface area contributed by atoms with Crippen LogP contribution in [0.1, 0.15) is 78.5 Å². The number of hydrogen-bond acceptors (Lipinski definition) is 4. The molecule has 2 amide bonds. The molecular weight excluding hydrogens is 788 g/mol. The minimum absolute atomic E-state index is 0.0206. The molecule has 2 N–H and O–H groups in total. The first-order chi connectivity index (χ1) is 25.9. The van der Waals surface area contributed by atoms with Gasteiger partial charge in [0.15, 0.2) is 0 Å². The molecule has 2 saturated carbocycles. The number of para-hydroxylation sites is 2.